The molecule has 0 unspecified atom stereocenters. The molecule has 4 aromatic rings. The van der Waals surface area contributed by atoms with Gasteiger partial charge in [-0.2, -0.15) is 5.10 Å². The molecule has 0 fully saturated rings. The summed E-state index contributed by atoms with van der Waals surface area (Å²) in [5.74, 6) is 0.390. The molecular formula is C19H16N6O. The summed E-state index contributed by atoms with van der Waals surface area (Å²) in [6, 6.07) is 14.9. The van der Waals surface area contributed by atoms with Crippen molar-refractivity contribution in [2.45, 2.75) is 13.5 Å². The van der Waals surface area contributed by atoms with E-state index in [0.29, 0.717) is 29.1 Å². The molecule has 0 aliphatic carbocycles. The average molecular weight is 344 g/mol. The minimum absolute atomic E-state index is 0.0960. The van der Waals surface area contributed by atoms with Crippen molar-refractivity contribution in [3.63, 3.8) is 0 Å². The zero-order chi connectivity index (χ0) is 17.9. The second-order valence-corrected chi connectivity index (χ2v) is 5.66. The third kappa shape index (κ3) is 2.90. The second-order valence-electron chi connectivity index (χ2n) is 5.66. The van der Waals surface area contributed by atoms with Gasteiger partial charge < -0.3 is 0 Å². The van der Waals surface area contributed by atoms with Crippen LogP contribution in [0.1, 0.15) is 12.6 Å². The SMILES string of the molecule is CCn1c(N/N=C\c2cnc3ccccc3n2)nc2ccccc2c1=O. The van der Waals surface area contributed by atoms with Crippen molar-refractivity contribution >= 4 is 34.1 Å². The minimum atomic E-state index is -0.0960. The second kappa shape index (κ2) is 6.72. The van der Waals surface area contributed by atoms with Crippen LogP contribution >= 0.6 is 0 Å². The third-order valence-electron chi connectivity index (χ3n) is 4.01. The van der Waals surface area contributed by atoms with Crippen molar-refractivity contribution in [3.8, 4) is 0 Å². The molecule has 1 N–H and O–H groups in total. The molecule has 0 radical (unpaired) electrons. The lowest BCUT2D eigenvalue weighted by molar-refractivity contribution is 0.724. The Morgan fingerprint density at radius 2 is 1.77 bits per heavy atom. The monoisotopic (exact) mass is 344 g/mol. The molecule has 128 valence electrons. The molecular weight excluding hydrogens is 328 g/mol. The molecule has 0 aliphatic rings. The van der Waals surface area contributed by atoms with Gasteiger partial charge in [0.15, 0.2) is 0 Å². The standard InChI is InChI=1S/C19H16N6O/c1-2-25-18(26)14-7-3-4-8-15(14)23-19(25)24-21-12-13-11-20-16-9-5-6-10-17(16)22-13/h3-12H,2H2,1H3,(H,23,24)/b21-12-. The summed E-state index contributed by atoms with van der Waals surface area (Å²) >= 11 is 0. The molecule has 0 amide bonds. The van der Waals surface area contributed by atoms with Gasteiger partial charge in [-0.25, -0.2) is 15.4 Å². The Kier molecular flexibility index (Phi) is 4.10. The fraction of sp³-hybridized carbons (Fsp3) is 0.105. The Morgan fingerprint density at radius 3 is 2.58 bits per heavy atom. The number of nitrogens with one attached hydrogen (secondary N) is 1. The van der Waals surface area contributed by atoms with E-state index in [1.165, 1.54) is 0 Å². The molecule has 0 saturated heterocycles. The summed E-state index contributed by atoms with van der Waals surface area (Å²) in [5.41, 5.74) is 5.62. The van der Waals surface area contributed by atoms with Crippen LogP contribution in [-0.4, -0.2) is 25.7 Å². The number of hydrogen-bond donors (Lipinski definition) is 1. The molecule has 0 spiro atoms. The summed E-state index contributed by atoms with van der Waals surface area (Å²) < 4.78 is 1.55. The van der Waals surface area contributed by atoms with Crippen molar-refractivity contribution in [1.82, 2.24) is 19.5 Å². The highest BCUT2D eigenvalue weighted by Gasteiger charge is 2.08. The number of rotatable bonds is 4. The van der Waals surface area contributed by atoms with E-state index in [-0.39, 0.29) is 5.56 Å². The molecule has 0 saturated carbocycles. The van der Waals surface area contributed by atoms with E-state index >= 15 is 0 Å². The number of fused-ring (bicyclic) bond motifs is 2. The first kappa shape index (κ1) is 15.9. The molecule has 7 nitrogen and oxygen atoms in total. The quantitative estimate of drug-likeness (QED) is 0.454. The van der Waals surface area contributed by atoms with Crippen molar-refractivity contribution in [2.24, 2.45) is 5.10 Å². The number of para-hydroxylation sites is 3. The number of anilines is 1. The summed E-state index contributed by atoms with van der Waals surface area (Å²) in [6.07, 6.45) is 3.20. The van der Waals surface area contributed by atoms with Gasteiger partial charge in [-0.05, 0) is 31.2 Å². The van der Waals surface area contributed by atoms with E-state index in [9.17, 15) is 4.79 Å². The van der Waals surface area contributed by atoms with Gasteiger partial charge in [-0.1, -0.05) is 24.3 Å². The number of benzene rings is 2. The predicted octanol–water partition coefficient (Wildman–Crippen LogP) is 2.81. The average Bonchev–Trinajstić information content (AvgIpc) is 2.68. The lowest BCUT2D eigenvalue weighted by Crippen LogP contribution is -2.23. The molecule has 26 heavy (non-hydrogen) atoms. The maximum Gasteiger partial charge on any atom is 0.262 e. The highest BCUT2D eigenvalue weighted by atomic mass is 16.1. The number of hydrogen-bond acceptors (Lipinski definition) is 6. The van der Waals surface area contributed by atoms with Gasteiger partial charge in [0.25, 0.3) is 5.56 Å². The fourth-order valence-corrected chi connectivity index (χ4v) is 2.74. The van der Waals surface area contributed by atoms with Crippen LogP contribution < -0.4 is 11.0 Å². The zero-order valence-corrected chi connectivity index (χ0v) is 14.1. The van der Waals surface area contributed by atoms with Crippen molar-refractivity contribution in [2.75, 3.05) is 5.43 Å². The number of nitrogens with zero attached hydrogens (tertiary/aromatic N) is 5. The van der Waals surface area contributed by atoms with E-state index in [4.69, 9.17) is 0 Å². The maximum atomic E-state index is 12.6. The van der Waals surface area contributed by atoms with E-state index in [2.05, 4.69) is 25.5 Å². The van der Waals surface area contributed by atoms with Gasteiger partial charge in [0, 0.05) is 6.54 Å². The third-order valence-corrected chi connectivity index (χ3v) is 4.01. The molecule has 4 rings (SSSR count). The highest BCUT2D eigenvalue weighted by molar-refractivity contribution is 5.82. The Balaban J connectivity index is 1.66. The van der Waals surface area contributed by atoms with Crippen molar-refractivity contribution in [3.05, 3.63) is 70.8 Å². The minimum Gasteiger partial charge on any atom is -0.277 e. The Bertz CT molecular complexity index is 1180. The van der Waals surface area contributed by atoms with E-state index in [1.807, 2.05) is 43.3 Å². The van der Waals surface area contributed by atoms with Gasteiger partial charge in [0.2, 0.25) is 5.95 Å². The summed E-state index contributed by atoms with van der Waals surface area (Å²) in [7, 11) is 0. The Hall–Kier alpha value is -3.61. The fourth-order valence-electron chi connectivity index (χ4n) is 2.74. The van der Waals surface area contributed by atoms with Crippen LogP contribution in [0.2, 0.25) is 0 Å². The molecule has 0 bridgehead atoms. The first-order valence-electron chi connectivity index (χ1n) is 8.26. The highest BCUT2D eigenvalue weighted by Crippen LogP contribution is 2.11. The molecule has 2 heterocycles. The Morgan fingerprint density at radius 1 is 1.04 bits per heavy atom. The smallest absolute Gasteiger partial charge is 0.262 e. The van der Waals surface area contributed by atoms with Crippen LogP contribution in [0, 0.1) is 0 Å². The predicted molar refractivity (Wildman–Crippen MR) is 102 cm³/mol. The van der Waals surface area contributed by atoms with Gasteiger partial charge >= 0.3 is 0 Å². The molecule has 2 aromatic heterocycles. The maximum absolute atomic E-state index is 12.6. The number of aromatic nitrogens is 4. The van der Waals surface area contributed by atoms with Crippen LogP contribution in [0.25, 0.3) is 21.9 Å². The van der Waals surface area contributed by atoms with Crippen LogP contribution in [0.3, 0.4) is 0 Å². The van der Waals surface area contributed by atoms with Gasteiger partial charge in [0.1, 0.15) is 5.69 Å². The molecule has 0 atom stereocenters. The topological polar surface area (TPSA) is 85.1 Å². The van der Waals surface area contributed by atoms with Crippen LogP contribution in [0.15, 0.2) is 64.6 Å². The van der Waals surface area contributed by atoms with Crippen molar-refractivity contribution < 1.29 is 0 Å². The van der Waals surface area contributed by atoms with E-state index in [1.54, 1.807) is 29.1 Å². The summed E-state index contributed by atoms with van der Waals surface area (Å²) in [4.78, 5) is 25.9. The largest absolute Gasteiger partial charge is 0.277 e. The van der Waals surface area contributed by atoms with E-state index in [0.717, 1.165) is 11.0 Å². The summed E-state index contributed by atoms with van der Waals surface area (Å²) in [6.45, 7) is 2.38. The lowest BCUT2D eigenvalue weighted by Gasteiger charge is -2.10. The molecule has 2 aromatic carbocycles. The zero-order valence-electron chi connectivity index (χ0n) is 14.1. The van der Waals surface area contributed by atoms with Crippen LogP contribution in [0.4, 0.5) is 5.95 Å². The van der Waals surface area contributed by atoms with Crippen LogP contribution in [0.5, 0.6) is 0 Å². The first-order chi connectivity index (χ1) is 12.8. The first-order valence-corrected chi connectivity index (χ1v) is 8.26. The van der Waals surface area contributed by atoms with Crippen molar-refractivity contribution in [1.29, 1.82) is 0 Å². The number of hydrazone groups is 1. The van der Waals surface area contributed by atoms with Gasteiger partial charge in [-0.15, -0.1) is 0 Å². The normalized spacial score (nSPS) is 11.4. The van der Waals surface area contributed by atoms with E-state index < -0.39 is 0 Å². The van der Waals surface area contributed by atoms with Gasteiger partial charge in [-0.3, -0.25) is 14.3 Å². The Labute approximate surface area is 149 Å². The summed E-state index contributed by atoms with van der Waals surface area (Å²) in [5, 5.41) is 4.76. The molecule has 0 aliphatic heterocycles. The lowest BCUT2D eigenvalue weighted by atomic mass is 10.2. The molecule has 7 heteroatoms. The van der Waals surface area contributed by atoms with Crippen LogP contribution in [-0.2, 0) is 6.54 Å². The van der Waals surface area contributed by atoms with Gasteiger partial charge in [0.05, 0.1) is 34.3 Å².